The number of amides is 1. The first-order valence-electron chi connectivity index (χ1n) is 8.63. The van der Waals surface area contributed by atoms with E-state index >= 15 is 0 Å². The van der Waals surface area contributed by atoms with Gasteiger partial charge >= 0.3 is 0 Å². The fourth-order valence-corrected chi connectivity index (χ4v) is 3.18. The summed E-state index contributed by atoms with van der Waals surface area (Å²) in [5.41, 5.74) is 0.330. The summed E-state index contributed by atoms with van der Waals surface area (Å²) in [6, 6.07) is 0. The van der Waals surface area contributed by atoms with E-state index in [0.29, 0.717) is 43.6 Å². The monoisotopic (exact) mass is 347 g/mol. The Morgan fingerprint density at radius 2 is 2.24 bits per heavy atom. The third-order valence-corrected chi connectivity index (χ3v) is 4.55. The standard InChI is InChI=1S/C16H21N5O4/c1-2-12-18-15(20-19-12)11-8-21(5-7-24-11)16(22)13-14(25-9-17-13)10-4-3-6-23-10/h9-11H,2-8H2,1H3,(H,18,19,20)/t10-,11+/m1/s1. The second kappa shape index (κ2) is 6.93. The SMILES string of the molecule is CCc1nc([C@@H]2CN(C(=O)c3ncoc3[C@H]3CCCO3)CCO2)n[nH]1. The fourth-order valence-electron chi connectivity index (χ4n) is 3.18. The number of carbonyl (C=O) groups excluding carboxylic acids is 1. The molecule has 0 aliphatic carbocycles. The van der Waals surface area contributed by atoms with Crippen molar-refractivity contribution >= 4 is 5.91 Å². The van der Waals surface area contributed by atoms with Crippen LogP contribution in [0.15, 0.2) is 10.8 Å². The summed E-state index contributed by atoms with van der Waals surface area (Å²) in [4.78, 5) is 23.2. The molecule has 2 aromatic rings. The van der Waals surface area contributed by atoms with Crippen molar-refractivity contribution in [1.82, 2.24) is 25.1 Å². The van der Waals surface area contributed by atoms with Gasteiger partial charge in [0.15, 0.2) is 23.7 Å². The van der Waals surface area contributed by atoms with Gasteiger partial charge in [0, 0.05) is 19.6 Å². The van der Waals surface area contributed by atoms with Gasteiger partial charge in [0.05, 0.1) is 13.2 Å². The molecule has 2 saturated heterocycles. The molecule has 4 heterocycles. The van der Waals surface area contributed by atoms with Gasteiger partial charge in [-0.15, -0.1) is 0 Å². The minimum absolute atomic E-state index is 0.168. The molecule has 0 spiro atoms. The number of aryl methyl sites for hydroxylation is 1. The zero-order valence-corrected chi connectivity index (χ0v) is 14.1. The topological polar surface area (TPSA) is 106 Å². The summed E-state index contributed by atoms with van der Waals surface area (Å²) in [5, 5.41) is 7.08. The lowest BCUT2D eigenvalue weighted by atomic mass is 10.1. The number of rotatable bonds is 4. The van der Waals surface area contributed by atoms with E-state index in [1.807, 2.05) is 6.92 Å². The van der Waals surface area contributed by atoms with Crippen molar-refractivity contribution in [2.24, 2.45) is 0 Å². The lowest BCUT2D eigenvalue weighted by molar-refractivity contribution is -0.0270. The van der Waals surface area contributed by atoms with E-state index in [2.05, 4.69) is 20.2 Å². The van der Waals surface area contributed by atoms with E-state index in [9.17, 15) is 4.79 Å². The highest BCUT2D eigenvalue weighted by Gasteiger charge is 2.34. The van der Waals surface area contributed by atoms with Crippen LogP contribution in [0.1, 0.15) is 59.9 Å². The molecule has 0 saturated carbocycles. The molecule has 9 nitrogen and oxygen atoms in total. The van der Waals surface area contributed by atoms with Crippen molar-refractivity contribution in [1.29, 1.82) is 0 Å². The van der Waals surface area contributed by atoms with Crippen LogP contribution in [0.2, 0.25) is 0 Å². The zero-order valence-electron chi connectivity index (χ0n) is 14.1. The average Bonchev–Trinajstić information content (AvgIpc) is 3.41. The molecule has 1 amide bonds. The number of ether oxygens (including phenoxy) is 2. The first kappa shape index (κ1) is 16.2. The number of nitrogens with one attached hydrogen (secondary N) is 1. The van der Waals surface area contributed by atoms with Crippen molar-refractivity contribution in [2.75, 3.05) is 26.3 Å². The molecule has 134 valence electrons. The van der Waals surface area contributed by atoms with Crippen LogP contribution in [0.25, 0.3) is 0 Å². The Balaban J connectivity index is 1.49. The average molecular weight is 347 g/mol. The largest absolute Gasteiger partial charge is 0.445 e. The normalized spacial score (nSPS) is 24.0. The molecule has 0 radical (unpaired) electrons. The number of morpholine rings is 1. The lowest BCUT2D eigenvalue weighted by Crippen LogP contribution is -2.43. The van der Waals surface area contributed by atoms with Crippen LogP contribution < -0.4 is 0 Å². The summed E-state index contributed by atoms with van der Waals surface area (Å²) in [6.45, 7) is 4.00. The molecule has 4 rings (SSSR count). The van der Waals surface area contributed by atoms with Gasteiger partial charge in [0.1, 0.15) is 18.0 Å². The van der Waals surface area contributed by atoms with Crippen molar-refractivity contribution < 1.29 is 18.7 Å². The Bertz CT molecular complexity index is 736. The van der Waals surface area contributed by atoms with E-state index in [1.54, 1.807) is 4.90 Å². The van der Waals surface area contributed by atoms with Gasteiger partial charge in [-0.3, -0.25) is 9.89 Å². The predicted octanol–water partition coefficient (Wildman–Crippen LogP) is 1.42. The number of carbonyl (C=O) groups is 1. The van der Waals surface area contributed by atoms with Crippen LogP contribution in [-0.4, -0.2) is 57.3 Å². The Kier molecular flexibility index (Phi) is 4.50. The first-order chi connectivity index (χ1) is 12.3. The number of H-pyrrole nitrogens is 1. The molecule has 1 N–H and O–H groups in total. The Morgan fingerprint density at radius 3 is 3.00 bits per heavy atom. The summed E-state index contributed by atoms with van der Waals surface area (Å²) in [7, 11) is 0. The second-order valence-electron chi connectivity index (χ2n) is 6.17. The number of aromatic nitrogens is 4. The smallest absolute Gasteiger partial charge is 0.276 e. The minimum atomic E-state index is -0.340. The highest BCUT2D eigenvalue weighted by molar-refractivity contribution is 5.93. The molecule has 2 aliphatic rings. The van der Waals surface area contributed by atoms with Crippen LogP contribution >= 0.6 is 0 Å². The molecule has 2 fully saturated rings. The van der Waals surface area contributed by atoms with Gasteiger partial charge < -0.3 is 18.8 Å². The number of oxazole rings is 1. The number of hydrogen-bond donors (Lipinski definition) is 1. The highest BCUT2D eigenvalue weighted by atomic mass is 16.5. The second-order valence-corrected chi connectivity index (χ2v) is 6.17. The fraction of sp³-hybridized carbons (Fsp3) is 0.625. The summed E-state index contributed by atoms with van der Waals surface area (Å²) < 4.78 is 16.8. The highest BCUT2D eigenvalue weighted by Crippen LogP contribution is 2.31. The number of hydrogen-bond acceptors (Lipinski definition) is 7. The van der Waals surface area contributed by atoms with E-state index in [1.165, 1.54) is 6.39 Å². The summed E-state index contributed by atoms with van der Waals surface area (Å²) in [5.74, 6) is 1.74. The van der Waals surface area contributed by atoms with Crippen LogP contribution in [0.5, 0.6) is 0 Å². The van der Waals surface area contributed by atoms with E-state index in [-0.39, 0.29) is 18.1 Å². The third kappa shape index (κ3) is 3.16. The molecule has 25 heavy (non-hydrogen) atoms. The van der Waals surface area contributed by atoms with Crippen LogP contribution in [0.3, 0.4) is 0 Å². The van der Waals surface area contributed by atoms with Crippen molar-refractivity contribution in [3.05, 3.63) is 29.5 Å². The molecule has 2 aliphatic heterocycles. The minimum Gasteiger partial charge on any atom is -0.445 e. The van der Waals surface area contributed by atoms with E-state index in [0.717, 1.165) is 25.1 Å². The number of nitrogens with zero attached hydrogens (tertiary/aromatic N) is 4. The maximum absolute atomic E-state index is 12.9. The van der Waals surface area contributed by atoms with Gasteiger partial charge in [-0.25, -0.2) is 9.97 Å². The molecule has 0 unspecified atom stereocenters. The molecule has 2 aromatic heterocycles. The third-order valence-electron chi connectivity index (χ3n) is 4.55. The molecule has 2 atom stereocenters. The molecule has 9 heteroatoms. The van der Waals surface area contributed by atoms with Gasteiger partial charge in [-0.1, -0.05) is 6.92 Å². The van der Waals surface area contributed by atoms with Crippen molar-refractivity contribution in [3.63, 3.8) is 0 Å². The van der Waals surface area contributed by atoms with E-state index < -0.39 is 0 Å². The molecule has 0 aromatic carbocycles. The van der Waals surface area contributed by atoms with Crippen LogP contribution in [0.4, 0.5) is 0 Å². The van der Waals surface area contributed by atoms with Gasteiger partial charge in [0.2, 0.25) is 0 Å². The van der Waals surface area contributed by atoms with Crippen LogP contribution in [-0.2, 0) is 15.9 Å². The Morgan fingerprint density at radius 1 is 1.36 bits per heavy atom. The lowest BCUT2D eigenvalue weighted by Gasteiger charge is -2.31. The van der Waals surface area contributed by atoms with Crippen LogP contribution in [0, 0.1) is 0 Å². The molecular formula is C16H21N5O4. The van der Waals surface area contributed by atoms with Crippen molar-refractivity contribution in [2.45, 2.75) is 38.4 Å². The zero-order chi connectivity index (χ0) is 17.2. The summed E-state index contributed by atoms with van der Waals surface area (Å²) in [6.07, 6.45) is 3.36. The number of aromatic amines is 1. The summed E-state index contributed by atoms with van der Waals surface area (Å²) >= 11 is 0. The van der Waals surface area contributed by atoms with Gasteiger partial charge in [-0.2, -0.15) is 5.10 Å². The first-order valence-corrected chi connectivity index (χ1v) is 8.63. The van der Waals surface area contributed by atoms with Gasteiger partial charge in [0.25, 0.3) is 5.91 Å². The molecule has 0 bridgehead atoms. The quantitative estimate of drug-likeness (QED) is 0.891. The Hall–Kier alpha value is -2.26. The Labute approximate surface area is 144 Å². The van der Waals surface area contributed by atoms with Crippen molar-refractivity contribution in [3.8, 4) is 0 Å². The maximum atomic E-state index is 12.9. The van der Waals surface area contributed by atoms with E-state index in [4.69, 9.17) is 13.9 Å². The van der Waals surface area contributed by atoms with Gasteiger partial charge in [-0.05, 0) is 12.8 Å². The maximum Gasteiger partial charge on any atom is 0.276 e. The molecular weight excluding hydrogens is 326 g/mol. The predicted molar refractivity (Wildman–Crippen MR) is 84.8 cm³/mol.